The van der Waals surface area contributed by atoms with Gasteiger partial charge in [-0.25, -0.2) is 0 Å². The Bertz CT molecular complexity index is 1190. The molecule has 13 nitrogen and oxygen atoms in total. The molecular formula is C37H65NO12. The highest BCUT2D eigenvalue weighted by molar-refractivity contribution is 5.96. The van der Waals surface area contributed by atoms with Gasteiger partial charge in [-0.1, -0.05) is 20.8 Å². The Labute approximate surface area is 298 Å². The molecule has 3 aliphatic rings. The molecule has 50 heavy (non-hydrogen) atoms. The molecule has 0 amide bonds. The van der Waals surface area contributed by atoms with Gasteiger partial charge in [0.2, 0.25) is 0 Å². The van der Waals surface area contributed by atoms with Crippen molar-refractivity contribution in [3.05, 3.63) is 11.6 Å². The third-order valence-corrected chi connectivity index (χ3v) is 11.2. The topological polar surface area (TPSA) is 174 Å². The summed E-state index contributed by atoms with van der Waals surface area (Å²) in [6, 6.07) is -0.300. The highest BCUT2D eigenvalue weighted by atomic mass is 16.7. The standard InChI is InChI=1S/C37H65NO12/c1-14-26-35(8,43)16-19(2)28(39)20(3)17-36(9,44)32(50-34-29(40)25(38(11)12)15-21(4)46-34)22(5)30(23(6)33(42)48-26)49-27-18-37(10,45-13)31(41)24(7)47-27/h16,20-27,29-32,34,40-41,43-44H,14-15,17-18H2,1-13H3/b19-16+/t20-,21-,22+,23-,24+,25+,26-,27?,29-,30+,31+,32-,34?,35+,36-,37-/m1/s1. The van der Waals surface area contributed by atoms with Crippen LogP contribution in [-0.4, -0.2) is 136 Å². The number of ketones is 1. The van der Waals surface area contributed by atoms with Crippen molar-refractivity contribution < 1.29 is 58.4 Å². The van der Waals surface area contributed by atoms with Crippen molar-refractivity contribution >= 4 is 11.8 Å². The molecule has 4 N–H and O–H groups in total. The van der Waals surface area contributed by atoms with E-state index >= 15 is 0 Å². The van der Waals surface area contributed by atoms with Gasteiger partial charge in [0.25, 0.3) is 0 Å². The third kappa shape index (κ3) is 9.52. The van der Waals surface area contributed by atoms with Crippen molar-refractivity contribution in [2.24, 2.45) is 17.8 Å². The number of cyclic esters (lactones) is 1. The summed E-state index contributed by atoms with van der Waals surface area (Å²) in [5, 5.41) is 46.1. The molecule has 2 unspecified atom stereocenters. The van der Waals surface area contributed by atoms with E-state index in [0.29, 0.717) is 6.42 Å². The highest BCUT2D eigenvalue weighted by Crippen LogP contribution is 2.40. The number of Topliss-reactive ketones (excluding diaryl/α,β-unsaturated/α-hetero) is 1. The summed E-state index contributed by atoms with van der Waals surface area (Å²) >= 11 is 0. The Kier molecular flexibility index (Phi) is 14.3. The first kappa shape index (κ1) is 42.9. The normalized spacial score (nSPS) is 48.4. The summed E-state index contributed by atoms with van der Waals surface area (Å²) in [6.07, 6.45) is -5.98. The van der Waals surface area contributed by atoms with E-state index in [-0.39, 0.29) is 42.8 Å². The Hall–Kier alpha value is -1.52. The minimum Gasteiger partial charge on any atom is -0.459 e. The molecule has 0 bridgehead atoms. The first-order chi connectivity index (χ1) is 23.0. The molecule has 0 aromatic carbocycles. The second kappa shape index (κ2) is 16.7. The summed E-state index contributed by atoms with van der Waals surface area (Å²) in [5.41, 5.74) is -4.16. The Morgan fingerprint density at radius 3 is 2.16 bits per heavy atom. The molecule has 0 saturated carbocycles. The third-order valence-electron chi connectivity index (χ3n) is 11.2. The maximum absolute atomic E-state index is 14.0. The average molecular weight is 716 g/mol. The van der Waals surface area contributed by atoms with Crippen LogP contribution >= 0.6 is 0 Å². The van der Waals surface area contributed by atoms with E-state index in [2.05, 4.69) is 0 Å². The predicted octanol–water partition coefficient (Wildman–Crippen LogP) is 2.73. The van der Waals surface area contributed by atoms with Crippen molar-refractivity contribution in [1.29, 1.82) is 0 Å². The number of carbonyl (C=O) groups excluding carboxylic acids is 2. The number of aliphatic hydroxyl groups is 4. The molecular weight excluding hydrogens is 650 g/mol. The van der Waals surface area contributed by atoms with Gasteiger partial charge in [0.1, 0.15) is 23.9 Å². The summed E-state index contributed by atoms with van der Waals surface area (Å²) in [6.45, 7) is 16.9. The van der Waals surface area contributed by atoms with Gasteiger partial charge in [0, 0.05) is 31.4 Å². The van der Waals surface area contributed by atoms with E-state index in [1.54, 1.807) is 55.4 Å². The van der Waals surface area contributed by atoms with Crippen LogP contribution in [0, 0.1) is 17.8 Å². The molecule has 13 heteroatoms. The van der Waals surface area contributed by atoms with Gasteiger partial charge in [-0.2, -0.15) is 0 Å². The Morgan fingerprint density at radius 1 is 0.980 bits per heavy atom. The number of aliphatic hydroxyl groups excluding tert-OH is 2. The van der Waals surface area contributed by atoms with Crippen LogP contribution in [0.3, 0.4) is 0 Å². The van der Waals surface area contributed by atoms with Crippen molar-refractivity contribution in [3.63, 3.8) is 0 Å². The average Bonchev–Trinajstić information content (AvgIpc) is 3.02. The number of rotatable bonds is 7. The summed E-state index contributed by atoms with van der Waals surface area (Å²) in [4.78, 5) is 29.6. The minimum atomic E-state index is -1.73. The van der Waals surface area contributed by atoms with Crippen molar-refractivity contribution in [1.82, 2.24) is 4.90 Å². The maximum atomic E-state index is 14.0. The van der Waals surface area contributed by atoms with E-state index in [0.717, 1.165) is 0 Å². The fraction of sp³-hybridized carbons (Fsp3) is 0.892. The van der Waals surface area contributed by atoms with Crippen LogP contribution in [0.2, 0.25) is 0 Å². The number of allylic oxidation sites excluding steroid dienone is 1. The minimum absolute atomic E-state index is 0.0582. The first-order valence-electron chi connectivity index (χ1n) is 18.1. The number of ether oxygens (including phenoxy) is 6. The van der Waals surface area contributed by atoms with Crippen molar-refractivity contribution in [3.8, 4) is 0 Å². The van der Waals surface area contributed by atoms with Crippen molar-refractivity contribution in [2.45, 2.75) is 173 Å². The molecule has 0 spiro atoms. The molecule has 0 aliphatic carbocycles. The summed E-state index contributed by atoms with van der Waals surface area (Å²) in [5.74, 6) is -3.48. The largest absolute Gasteiger partial charge is 0.459 e. The van der Waals surface area contributed by atoms with Gasteiger partial charge in [-0.05, 0) is 93.5 Å². The zero-order chi connectivity index (χ0) is 38.1. The van der Waals surface area contributed by atoms with Gasteiger partial charge in [0.15, 0.2) is 18.4 Å². The lowest BCUT2D eigenvalue weighted by molar-refractivity contribution is -0.317. The van der Waals surface area contributed by atoms with E-state index in [9.17, 15) is 30.0 Å². The molecule has 290 valence electrons. The monoisotopic (exact) mass is 715 g/mol. The number of methoxy groups -OCH3 is 1. The van der Waals surface area contributed by atoms with Gasteiger partial charge in [-0.3, -0.25) is 9.59 Å². The van der Waals surface area contributed by atoms with E-state index in [1.165, 1.54) is 20.1 Å². The smallest absolute Gasteiger partial charge is 0.311 e. The molecule has 3 aliphatic heterocycles. The maximum Gasteiger partial charge on any atom is 0.311 e. The number of carbonyl (C=O) groups is 2. The summed E-state index contributed by atoms with van der Waals surface area (Å²) < 4.78 is 37.2. The van der Waals surface area contributed by atoms with Gasteiger partial charge in [-0.15, -0.1) is 0 Å². The molecule has 2 saturated heterocycles. The number of esters is 1. The second-order valence-electron chi connectivity index (χ2n) is 16.0. The molecule has 3 rings (SSSR count). The van der Waals surface area contributed by atoms with Gasteiger partial charge in [0.05, 0.1) is 41.5 Å². The predicted molar refractivity (Wildman–Crippen MR) is 185 cm³/mol. The van der Waals surface area contributed by atoms with Crippen molar-refractivity contribution in [2.75, 3.05) is 21.2 Å². The lowest BCUT2D eigenvalue weighted by Crippen LogP contribution is -2.60. The van der Waals surface area contributed by atoms with E-state index in [1.807, 2.05) is 25.9 Å². The van der Waals surface area contributed by atoms with E-state index < -0.39 is 89.7 Å². The molecule has 0 aromatic rings. The van der Waals surface area contributed by atoms with E-state index in [4.69, 9.17) is 28.4 Å². The molecule has 0 aromatic heterocycles. The van der Waals surface area contributed by atoms with Crippen LogP contribution in [0.4, 0.5) is 0 Å². The fourth-order valence-corrected chi connectivity index (χ4v) is 8.09. The van der Waals surface area contributed by atoms with Crippen LogP contribution in [0.5, 0.6) is 0 Å². The Balaban J connectivity index is 2.18. The van der Waals surface area contributed by atoms with Crippen LogP contribution in [0.25, 0.3) is 0 Å². The molecule has 16 atom stereocenters. The number of likely N-dealkylation sites (N-methyl/N-ethyl adjacent to an activating group) is 1. The summed E-state index contributed by atoms with van der Waals surface area (Å²) in [7, 11) is 5.22. The number of nitrogens with zero attached hydrogens (tertiary/aromatic N) is 1. The molecule has 0 radical (unpaired) electrons. The van der Waals surface area contributed by atoms with Crippen LogP contribution in [0.15, 0.2) is 11.6 Å². The van der Waals surface area contributed by atoms with Crippen LogP contribution in [0.1, 0.15) is 94.9 Å². The molecule has 2 fully saturated rings. The van der Waals surface area contributed by atoms with Gasteiger partial charge < -0.3 is 53.7 Å². The zero-order valence-electron chi connectivity index (χ0n) is 32.4. The zero-order valence-corrected chi connectivity index (χ0v) is 32.4. The van der Waals surface area contributed by atoms with Crippen LogP contribution in [-0.2, 0) is 38.0 Å². The van der Waals surface area contributed by atoms with Crippen LogP contribution < -0.4 is 0 Å². The molecule has 3 heterocycles. The Morgan fingerprint density at radius 2 is 1.60 bits per heavy atom. The number of hydrogen-bond donors (Lipinski definition) is 4. The highest BCUT2D eigenvalue weighted by Gasteiger charge is 2.52. The fourth-order valence-electron chi connectivity index (χ4n) is 8.09. The quantitative estimate of drug-likeness (QED) is 0.284. The lowest BCUT2D eigenvalue weighted by Gasteiger charge is -2.48. The first-order valence-corrected chi connectivity index (χ1v) is 18.1. The lowest BCUT2D eigenvalue weighted by atomic mass is 9.76. The SMILES string of the molecule is CC[C@H]1OC(=O)[C@H](C)[C@@H](OC2C[C@@](C)(OC)[C@@H](O)[C@H](C)O2)[C@H](C)[C@@H](OC2O[C@H](C)C[C@H](N(C)C)[C@H]2O)[C@](C)(O)C[C@@H](C)C(=O)/C(C)=C/[C@]1(C)O. The van der Waals surface area contributed by atoms with Gasteiger partial charge >= 0.3 is 5.97 Å². The number of hydrogen-bond acceptors (Lipinski definition) is 13. The second-order valence-corrected chi connectivity index (χ2v) is 16.0.